The van der Waals surface area contributed by atoms with Crippen LogP contribution in [0.3, 0.4) is 0 Å². The Labute approximate surface area is 142 Å². The van der Waals surface area contributed by atoms with E-state index in [-0.39, 0.29) is 11.9 Å². The second-order valence-electron chi connectivity index (χ2n) is 7.48. The van der Waals surface area contributed by atoms with Crippen LogP contribution < -0.4 is 0 Å². The van der Waals surface area contributed by atoms with E-state index >= 15 is 0 Å². The molecule has 2 saturated heterocycles. The van der Waals surface area contributed by atoms with Crippen molar-refractivity contribution in [2.45, 2.75) is 55.4 Å². The maximum Gasteiger partial charge on any atom is 1.00 e. The van der Waals surface area contributed by atoms with Gasteiger partial charge in [-0.15, -0.1) is 0 Å². The van der Waals surface area contributed by atoms with Gasteiger partial charge in [0.05, 0.1) is 10.4 Å². The molecule has 2 unspecified atom stereocenters. The lowest BCUT2D eigenvalue weighted by molar-refractivity contribution is -0.137. The van der Waals surface area contributed by atoms with Gasteiger partial charge in [-0.05, 0) is 50.5 Å². The molecule has 4 heteroatoms. The first-order valence-corrected chi connectivity index (χ1v) is 10.9. The van der Waals surface area contributed by atoms with Crippen molar-refractivity contribution in [3.05, 3.63) is 35.9 Å². The summed E-state index contributed by atoms with van der Waals surface area (Å²) in [5, 5.41) is 0.236. The largest absolute Gasteiger partial charge is 1.00 e. The molecule has 2 atom stereocenters. The summed E-state index contributed by atoms with van der Waals surface area (Å²) in [6.07, 6.45) is 8.72. The van der Waals surface area contributed by atoms with Crippen molar-refractivity contribution in [1.82, 2.24) is 0 Å². The number of ether oxygens (including phenoxy) is 2. The molecule has 0 N–H and O–H groups in total. The Bertz CT molecular complexity index is 447. The summed E-state index contributed by atoms with van der Waals surface area (Å²) in [5.41, 5.74) is 1.45. The quantitative estimate of drug-likeness (QED) is 0.776. The molecule has 0 radical (unpaired) electrons. The highest BCUT2D eigenvalue weighted by Crippen LogP contribution is 2.42. The van der Waals surface area contributed by atoms with Crippen molar-refractivity contribution in [2.24, 2.45) is 5.92 Å². The van der Waals surface area contributed by atoms with Crippen LogP contribution in [0.25, 0.3) is 0 Å². The number of hydrogen-bond donors (Lipinski definition) is 0. The third-order valence-corrected chi connectivity index (χ3v) is 8.73. The summed E-state index contributed by atoms with van der Waals surface area (Å²) in [4.78, 5) is 0. The van der Waals surface area contributed by atoms with E-state index < -0.39 is 0 Å². The first-order valence-electron chi connectivity index (χ1n) is 8.94. The van der Waals surface area contributed by atoms with Crippen LogP contribution in [0.5, 0.6) is 0 Å². The normalized spacial score (nSPS) is 34.5. The molecule has 0 spiro atoms. The van der Waals surface area contributed by atoms with Gasteiger partial charge in [0.1, 0.15) is 0 Å². The van der Waals surface area contributed by atoms with Crippen molar-refractivity contribution < 1.29 is 10.9 Å². The van der Waals surface area contributed by atoms with Gasteiger partial charge in [0.25, 0.3) is 0 Å². The highest BCUT2D eigenvalue weighted by molar-refractivity contribution is 6.18. The van der Waals surface area contributed by atoms with E-state index in [4.69, 9.17) is 9.47 Å². The molecule has 0 amide bonds. The molecular weight excluding hydrogens is 304 g/mol. The predicted molar refractivity (Wildman–Crippen MR) is 99.7 cm³/mol. The summed E-state index contributed by atoms with van der Waals surface area (Å²) < 4.78 is 12.8. The van der Waals surface area contributed by atoms with Gasteiger partial charge in [0.15, 0.2) is 0 Å². The van der Waals surface area contributed by atoms with Crippen LogP contribution in [0.4, 0.5) is 0 Å². The van der Waals surface area contributed by atoms with Crippen LogP contribution >= 0.6 is 0 Å². The fourth-order valence-corrected chi connectivity index (χ4v) is 7.71. The average Bonchev–Trinajstić information content (AvgIpc) is 2.55. The van der Waals surface area contributed by atoms with E-state index in [9.17, 15) is 0 Å². The molecule has 122 valence electrons. The fraction of sp³-hybridized carbons (Fsp3) is 0.667. The Hall–Kier alpha value is -0.426. The zero-order valence-corrected chi connectivity index (χ0v) is 18.1. The highest BCUT2D eigenvalue weighted by atomic mass is 28.2. The predicted octanol–water partition coefficient (Wildman–Crippen LogP) is 1.48. The van der Waals surface area contributed by atoms with Crippen molar-refractivity contribution in [3.8, 4) is 0 Å². The number of hydrogen-bond acceptors (Lipinski definition) is 2. The number of benzene rings is 1. The van der Waals surface area contributed by atoms with Crippen molar-refractivity contribution >= 4 is 20.5 Å². The van der Waals surface area contributed by atoms with Crippen LogP contribution in [0.15, 0.2) is 30.3 Å². The van der Waals surface area contributed by atoms with Gasteiger partial charge in [0.2, 0.25) is 0 Å². The standard InChI is InChI=1S/C18H30O2Si2/c21-17(10-4-6-12-19-17)16(14-15-8-2-1-3-9-15)18(22)11-5-7-13-20-18/h1-3,8-9,16H,4-7,10-14H2,21-22H3/p+1. The highest BCUT2D eigenvalue weighted by Gasteiger charge is 2.48. The summed E-state index contributed by atoms with van der Waals surface area (Å²) in [5.74, 6) is 0.543. The third kappa shape index (κ3) is 3.56. The van der Waals surface area contributed by atoms with E-state index in [1.165, 1.54) is 44.1 Å². The Balaban J connectivity index is 0.00000192. The zero-order valence-electron chi connectivity index (χ0n) is 15.1. The molecule has 3 rings (SSSR count). The van der Waals surface area contributed by atoms with Crippen LogP contribution in [-0.4, -0.2) is 44.1 Å². The van der Waals surface area contributed by atoms with E-state index in [0.717, 1.165) is 40.1 Å². The van der Waals surface area contributed by atoms with Gasteiger partial charge in [-0.1, -0.05) is 30.3 Å². The second-order valence-corrected chi connectivity index (χ2v) is 10.9. The lowest BCUT2D eigenvalue weighted by Gasteiger charge is -2.51. The van der Waals surface area contributed by atoms with Crippen molar-refractivity contribution in [2.75, 3.05) is 13.2 Å². The van der Waals surface area contributed by atoms with Gasteiger partial charge in [-0.25, -0.2) is 0 Å². The smallest absolute Gasteiger partial charge is 0.379 e. The van der Waals surface area contributed by atoms with E-state index in [1.54, 1.807) is 0 Å². The molecule has 1 aromatic carbocycles. The molecule has 2 nitrogen and oxygen atoms in total. The molecule has 0 bridgehead atoms. The second kappa shape index (κ2) is 6.99. The molecule has 22 heavy (non-hydrogen) atoms. The molecule has 0 saturated carbocycles. The molecule has 0 aromatic heterocycles. The average molecular weight is 336 g/mol. The van der Waals surface area contributed by atoms with Crippen LogP contribution in [0, 0.1) is 5.92 Å². The van der Waals surface area contributed by atoms with Gasteiger partial charge >= 0.3 is 1.43 Å². The first-order chi connectivity index (χ1) is 10.6. The van der Waals surface area contributed by atoms with Gasteiger partial charge in [0, 0.05) is 39.6 Å². The minimum atomic E-state index is 0. The Morgan fingerprint density at radius 2 is 1.45 bits per heavy atom. The van der Waals surface area contributed by atoms with Crippen LogP contribution in [-0.2, 0) is 15.9 Å². The maximum atomic E-state index is 6.42. The van der Waals surface area contributed by atoms with Crippen LogP contribution in [0.1, 0.15) is 45.5 Å². The summed E-state index contributed by atoms with van der Waals surface area (Å²) in [6.45, 7) is 1.90. The number of rotatable bonds is 4. The fourth-order valence-electron chi connectivity index (χ4n) is 4.39. The van der Waals surface area contributed by atoms with Gasteiger partial charge in [-0.2, -0.15) is 0 Å². The van der Waals surface area contributed by atoms with Gasteiger partial charge < -0.3 is 9.47 Å². The van der Waals surface area contributed by atoms with Crippen molar-refractivity contribution in [3.63, 3.8) is 0 Å². The third-order valence-electron chi connectivity index (χ3n) is 5.76. The molecule has 0 aliphatic carbocycles. The van der Waals surface area contributed by atoms with Crippen molar-refractivity contribution in [1.29, 1.82) is 0 Å². The Kier molecular flexibility index (Phi) is 5.22. The minimum absolute atomic E-state index is 0. The summed E-state index contributed by atoms with van der Waals surface area (Å²) in [6, 6.07) is 11.0. The summed E-state index contributed by atoms with van der Waals surface area (Å²) in [7, 11) is 2.22. The Morgan fingerprint density at radius 3 is 1.91 bits per heavy atom. The van der Waals surface area contributed by atoms with E-state index in [2.05, 4.69) is 30.3 Å². The van der Waals surface area contributed by atoms with E-state index in [0.29, 0.717) is 5.92 Å². The molecular formula is C18H31O2Si2+. The summed E-state index contributed by atoms with van der Waals surface area (Å²) >= 11 is 0. The lowest BCUT2D eigenvalue weighted by atomic mass is 9.81. The van der Waals surface area contributed by atoms with Crippen LogP contribution in [0.2, 0.25) is 0 Å². The monoisotopic (exact) mass is 335 g/mol. The topological polar surface area (TPSA) is 18.5 Å². The molecule has 2 heterocycles. The lowest BCUT2D eigenvalue weighted by Crippen LogP contribution is -2.58. The SMILES string of the molecule is [H+].[SiH3]C1(C(Cc2ccccc2)C2([SiH3])CCCCO2)CCCCO1. The molecule has 2 fully saturated rings. The zero-order chi connectivity index (χ0) is 15.5. The Morgan fingerprint density at radius 1 is 0.909 bits per heavy atom. The van der Waals surface area contributed by atoms with Gasteiger partial charge in [-0.3, -0.25) is 0 Å². The minimum Gasteiger partial charge on any atom is -0.379 e. The van der Waals surface area contributed by atoms with E-state index in [1.807, 2.05) is 0 Å². The molecule has 2 aliphatic heterocycles. The first kappa shape index (κ1) is 16.4. The molecule has 1 aromatic rings. The maximum absolute atomic E-state index is 6.42. The molecule has 2 aliphatic rings.